The van der Waals surface area contributed by atoms with Crippen LogP contribution in [0.4, 0.5) is 4.79 Å². The first kappa shape index (κ1) is 20.1. The van der Waals surface area contributed by atoms with Gasteiger partial charge in [-0.05, 0) is 50.3 Å². The van der Waals surface area contributed by atoms with Crippen LogP contribution in [0, 0.1) is 0 Å². The quantitative estimate of drug-likeness (QED) is 0.562. The lowest BCUT2D eigenvalue weighted by molar-refractivity contribution is -0.139. The van der Waals surface area contributed by atoms with Crippen LogP contribution in [0.2, 0.25) is 0 Å². The maximum absolute atomic E-state index is 12.4. The van der Waals surface area contributed by atoms with Gasteiger partial charge >= 0.3 is 12.1 Å². The van der Waals surface area contributed by atoms with Crippen molar-refractivity contribution in [3.8, 4) is 11.1 Å². The summed E-state index contributed by atoms with van der Waals surface area (Å²) in [5.41, 5.74) is 5.02. The first-order chi connectivity index (χ1) is 14.5. The number of carbonyl (C=O) groups is 2. The number of aromatic nitrogens is 1. The van der Waals surface area contributed by atoms with Gasteiger partial charge in [-0.15, -0.1) is 0 Å². The minimum atomic E-state index is -1.15. The van der Waals surface area contributed by atoms with Crippen LogP contribution >= 0.6 is 15.9 Å². The molecule has 3 aromatic rings. The summed E-state index contributed by atoms with van der Waals surface area (Å²) in [4.78, 5) is 28.1. The maximum atomic E-state index is 12.4. The van der Waals surface area contributed by atoms with E-state index in [0.29, 0.717) is 5.69 Å². The highest BCUT2D eigenvalue weighted by atomic mass is 79.9. The molecule has 7 heteroatoms. The van der Waals surface area contributed by atoms with E-state index in [0.717, 1.165) is 26.7 Å². The number of carboxylic acid groups (broad SMARTS) is 1. The number of nitrogens with zero attached hydrogens (tertiary/aromatic N) is 1. The third-order valence-corrected chi connectivity index (χ3v) is 5.60. The zero-order valence-corrected chi connectivity index (χ0v) is 17.5. The number of alkyl carbamates (subject to hydrolysis) is 1. The Morgan fingerprint density at radius 3 is 2.23 bits per heavy atom. The zero-order chi connectivity index (χ0) is 21.1. The summed E-state index contributed by atoms with van der Waals surface area (Å²) in [5, 5.41) is 11.9. The molecule has 1 aliphatic rings. The number of ether oxygens (including phenoxy) is 1. The predicted molar refractivity (Wildman–Crippen MR) is 115 cm³/mol. The van der Waals surface area contributed by atoms with E-state index in [1.54, 1.807) is 18.3 Å². The normalized spacial score (nSPS) is 13.2. The number of pyridine rings is 1. The Labute approximate surface area is 182 Å². The number of hydrogen-bond acceptors (Lipinski definition) is 4. The summed E-state index contributed by atoms with van der Waals surface area (Å²) in [6.45, 7) is 0.128. The number of nitrogens with one attached hydrogen (secondary N) is 1. The Kier molecular flexibility index (Phi) is 5.81. The number of benzene rings is 2. The number of hydrogen-bond donors (Lipinski definition) is 2. The molecule has 1 atom stereocenters. The van der Waals surface area contributed by atoms with E-state index in [1.165, 1.54) is 0 Å². The third-order valence-electron chi connectivity index (χ3n) is 5.14. The van der Waals surface area contributed by atoms with Gasteiger partial charge in [-0.3, -0.25) is 4.98 Å². The smallest absolute Gasteiger partial charge is 0.407 e. The molecule has 2 N–H and O–H groups in total. The molecule has 1 aromatic heterocycles. The van der Waals surface area contributed by atoms with Crippen molar-refractivity contribution in [1.29, 1.82) is 0 Å². The summed E-state index contributed by atoms with van der Waals surface area (Å²) >= 11 is 3.29. The largest absolute Gasteiger partial charge is 0.480 e. The monoisotopic (exact) mass is 466 g/mol. The van der Waals surface area contributed by atoms with E-state index in [2.05, 4.69) is 38.4 Å². The van der Waals surface area contributed by atoms with Crippen molar-refractivity contribution in [2.24, 2.45) is 0 Å². The van der Waals surface area contributed by atoms with Crippen molar-refractivity contribution in [3.63, 3.8) is 0 Å². The number of carbonyl (C=O) groups excluding carboxylic acids is 1. The van der Waals surface area contributed by atoms with Gasteiger partial charge in [-0.2, -0.15) is 0 Å². The van der Waals surface area contributed by atoms with Crippen molar-refractivity contribution in [2.45, 2.75) is 18.4 Å². The molecule has 6 nitrogen and oxygen atoms in total. The Balaban J connectivity index is 1.43. The first-order valence-corrected chi connectivity index (χ1v) is 10.3. The number of halogens is 1. The fourth-order valence-electron chi connectivity index (χ4n) is 3.72. The van der Waals surface area contributed by atoms with Crippen LogP contribution < -0.4 is 5.32 Å². The number of fused-ring (bicyclic) bond motifs is 3. The second-order valence-corrected chi connectivity index (χ2v) is 7.95. The predicted octanol–water partition coefficient (Wildman–Crippen LogP) is 4.38. The molecule has 0 spiro atoms. The second kappa shape index (κ2) is 8.67. The molecule has 1 aliphatic carbocycles. The zero-order valence-electron chi connectivity index (χ0n) is 15.9. The Bertz CT molecular complexity index is 1040. The van der Waals surface area contributed by atoms with Gasteiger partial charge in [0, 0.05) is 28.7 Å². The lowest BCUT2D eigenvalue weighted by Gasteiger charge is -2.17. The van der Waals surface area contributed by atoms with Crippen LogP contribution in [0.25, 0.3) is 11.1 Å². The minimum absolute atomic E-state index is 0.0623. The highest BCUT2D eigenvalue weighted by molar-refractivity contribution is 9.10. The Morgan fingerprint density at radius 1 is 1.03 bits per heavy atom. The van der Waals surface area contributed by atoms with E-state index < -0.39 is 18.1 Å². The Hall–Kier alpha value is -3.19. The topological polar surface area (TPSA) is 88.5 Å². The fourth-order valence-corrected chi connectivity index (χ4v) is 3.95. The van der Waals surface area contributed by atoms with Gasteiger partial charge < -0.3 is 15.2 Å². The van der Waals surface area contributed by atoms with E-state index in [1.807, 2.05) is 36.4 Å². The number of carboxylic acids is 1. The number of aliphatic carboxylic acids is 1. The van der Waals surface area contributed by atoms with Gasteiger partial charge in [0.2, 0.25) is 0 Å². The van der Waals surface area contributed by atoms with Gasteiger partial charge in [0.25, 0.3) is 0 Å². The van der Waals surface area contributed by atoms with Crippen LogP contribution in [0.5, 0.6) is 0 Å². The van der Waals surface area contributed by atoms with E-state index in [9.17, 15) is 14.7 Å². The molecule has 0 aliphatic heterocycles. The van der Waals surface area contributed by atoms with Gasteiger partial charge in [0.15, 0.2) is 0 Å². The van der Waals surface area contributed by atoms with Crippen LogP contribution in [0.15, 0.2) is 71.3 Å². The molecule has 0 radical (unpaired) electrons. The van der Waals surface area contributed by atoms with Crippen LogP contribution in [-0.2, 0) is 16.0 Å². The van der Waals surface area contributed by atoms with Gasteiger partial charge in [-0.1, -0.05) is 48.5 Å². The van der Waals surface area contributed by atoms with Crippen LogP contribution in [0.3, 0.4) is 0 Å². The standard InChI is InChI=1S/C23H19BrN2O4/c24-14-9-10-15(25-12-14)11-21(22(27)28)26-23(29)30-13-20-18-7-3-1-5-16(18)17-6-2-4-8-19(17)20/h1-10,12,20-21H,11,13H2,(H,26,29)(H,27,28). The van der Waals surface area contributed by atoms with Gasteiger partial charge in [-0.25, -0.2) is 9.59 Å². The van der Waals surface area contributed by atoms with Crippen molar-refractivity contribution < 1.29 is 19.4 Å². The van der Waals surface area contributed by atoms with Crippen molar-refractivity contribution in [1.82, 2.24) is 10.3 Å². The molecule has 1 amide bonds. The summed E-state index contributed by atoms with van der Waals surface area (Å²) in [6.07, 6.45) is 0.885. The van der Waals surface area contributed by atoms with Crippen LogP contribution in [0.1, 0.15) is 22.7 Å². The summed E-state index contributed by atoms with van der Waals surface area (Å²) in [6, 6.07) is 18.4. The lowest BCUT2D eigenvalue weighted by atomic mass is 9.98. The molecule has 152 valence electrons. The van der Waals surface area contributed by atoms with Crippen molar-refractivity contribution in [3.05, 3.63) is 88.2 Å². The highest BCUT2D eigenvalue weighted by Gasteiger charge is 2.29. The molecular weight excluding hydrogens is 448 g/mol. The number of rotatable bonds is 6. The molecule has 4 rings (SSSR count). The molecule has 30 heavy (non-hydrogen) atoms. The summed E-state index contributed by atoms with van der Waals surface area (Å²) < 4.78 is 6.23. The maximum Gasteiger partial charge on any atom is 0.407 e. The SMILES string of the molecule is O=C(NC(Cc1ccc(Br)cn1)C(=O)O)OCC1c2ccccc2-c2ccccc21. The highest BCUT2D eigenvalue weighted by Crippen LogP contribution is 2.44. The summed E-state index contributed by atoms with van der Waals surface area (Å²) in [5.74, 6) is -1.23. The summed E-state index contributed by atoms with van der Waals surface area (Å²) in [7, 11) is 0. The number of amides is 1. The van der Waals surface area contributed by atoms with Crippen molar-refractivity contribution in [2.75, 3.05) is 6.61 Å². The third kappa shape index (κ3) is 4.21. The molecule has 1 unspecified atom stereocenters. The Morgan fingerprint density at radius 2 is 1.67 bits per heavy atom. The fraction of sp³-hybridized carbons (Fsp3) is 0.174. The average molecular weight is 467 g/mol. The average Bonchev–Trinajstić information content (AvgIpc) is 3.07. The van der Waals surface area contributed by atoms with Gasteiger partial charge in [0.1, 0.15) is 12.6 Å². The lowest BCUT2D eigenvalue weighted by Crippen LogP contribution is -2.43. The van der Waals surface area contributed by atoms with E-state index in [4.69, 9.17) is 4.74 Å². The van der Waals surface area contributed by atoms with Gasteiger partial charge in [0.05, 0.1) is 0 Å². The molecule has 0 bridgehead atoms. The van der Waals surface area contributed by atoms with Crippen molar-refractivity contribution >= 4 is 28.0 Å². The molecule has 2 aromatic carbocycles. The van der Waals surface area contributed by atoms with Crippen LogP contribution in [-0.4, -0.2) is 34.8 Å². The second-order valence-electron chi connectivity index (χ2n) is 7.03. The molecule has 0 fully saturated rings. The van der Waals surface area contributed by atoms with E-state index >= 15 is 0 Å². The molecular formula is C23H19BrN2O4. The molecule has 0 saturated carbocycles. The first-order valence-electron chi connectivity index (χ1n) is 9.47. The molecule has 0 saturated heterocycles. The molecule has 1 heterocycles. The minimum Gasteiger partial charge on any atom is -0.480 e. The van der Waals surface area contributed by atoms with E-state index in [-0.39, 0.29) is 18.9 Å².